The largest absolute Gasteiger partial charge is 0.573 e. The first-order valence-electron chi connectivity index (χ1n) is 41.0. The number of alkyl halides is 9. The summed E-state index contributed by atoms with van der Waals surface area (Å²) >= 11 is 12.2. The molecule has 12 aromatic rings. The molecule has 0 amide bonds. The zero-order chi connectivity index (χ0) is 96.2. The average molecular weight is 1920 g/mol. The normalized spacial score (nSPS) is 16.9. The molecule has 6 aliphatic rings. The Morgan fingerprint density at radius 1 is 0.313 bits per heavy atom. The third-order valence-corrected chi connectivity index (χ3v) is 21.4. The lowest BCUT2D eigenvalue weighted by Crippen LogP contribution is -2.36. The molecule has 134 heavy (non-hydrogen) atoms. The molecule has 0 spiro atoms. The molecule has 0 fully saturated rings. The van der Waals surface area contributed by atoms with Gasteiger partial charge >= 0.3 is 18.7 Å². The highest BCUT2D eigenvalue weighted by atomic mass is 35.5. The fourth-order valence-electron chi connectivity index (χ4n) is 14.5. The Balaban J connectivity index is 0.000000136. The van der Waals surface area contributed by atoms with E-state index in [-0.39, 0.29) is 172 Å². The smallest absolute Gasteiger partial charge is 0.497 e. The van der Waals surface area contributed by atoms with Crippen LogP contribution in [0.3, 0.4) is 0 Å². The van der Waals surface area contributed by atoms with E-state index in [0.29, 0.717) is 76.6 Å². The van der Waals surface area contributed by atoms with Gasteiger partial charge in [-0.15, -0.1) is 13.2 Å². The van der Waals surface area contributed by atoms with Gasteiger partial charge in [-0.2, -0.15) is 26.3 Å². The summed E-state index contributed by atoms with van der Waals surface area (Å²) in [7, 11) is 1.61. The van der Waals surface area contributed by atoms with Crippen LogP contribution in [0.4, 0.5) is 70.2 Å². The number of ether oxygens (including phenoxy) is 14. The average Bonchev–Trinajstić information content (AvgIpc) is 0.780. The van der Waals surface area contributed by atoms with E-state index in [0.717, 1.165) is 71.5 Å². The molecule has 6 heterocycles. The van der Waals surface area contributed by atoms with E-state index in [2.05, 4.69) is 4.74 Å². The number of benzene rings is 12. The molecule has 0 radical (unpaired) electrons. The number of hydrogen-bond donors (Lipinski definition) is 6. The molecule has 20 nitrogen and oxygen atoms in total. The maximum absolute atomic E-state index is 14.1. The van der Waals surface area contributed by atoms with Crippen LogP contribution in [0.5, 0.6) is 80.5 Å². The summed E-state index contributed by atoms with van der Waals surface area (Å²) in [6.45, 7) is 6.07. The second-order valence-electron chi connectivity index (χ2n) is 30.3. The minimum atomic E-state index is -4.87. The number of para-hydroxylation sites is 1. The van der Waals surface area contributed by atoms with Crippen molar-refractivity contribution in [3.8, 4) is 147 Å². The first-order valence-corrected chi connectivity index (χ1v) is 41.8. The zero-order valence-electron chi connectivity index (χ0n) is 71.0. The van der Waals surface area contributed by atoms with E-state index in [9.17, 15) is 70.2 Å². The van der Waals surface area contributed by atoms with E-state index in [1.807, 2.05) is 43.3 Å². The summed E-state index contributed by atoms with van der Waals surface area (Å²) in [6.07, 6.45) is -16.3. The summed E-state index contributed by atoms with van der Waals surface area (Å²) in [6, 6.07) is 45.6. The molecule has 6 atom stereocenters. The number of halogens is 18. The molecule has 708 valence electrons. The summed E-state index contributed by atoms with van der Waals surface area (Å²) in [5.41, 5.74) is 36.0. The van der Waals surface area contributed by atoms with Gasteiger partial charge in [-0.05, 0) is 121 Å². The lowest BCUT2D eigenvalue weighted by Gasteiger charge is -2.28. The van der Waals surface area contributed by atoms with Crippen LogP contribution in [-0.4, -0.2) is 129 Å². The predicted octanol–water partition coefficient (Wildman–Crippen LogP) is 20.6. The molecule has 12 aromatic carbocycles. The second-order valence-corrected chi connectivity index (χ2v) is 31.1. The molecule has 0 aromatic heterocycles. The topological polar surface area (TPSA) is 285 Å². The standard InChI is InChI=1S/C17H15F4NO2.C17H18FNO3.C16H13F4NO3.C16H13F4NO2.C15H12ClF2NO2.C15H13ClFNO2/c1-9-2-3-12(14(4-9)17(19,20)21)13-5-10(18)6-15-16(13)24-11(7-22)8-23-15;1-10-5-12(20-2)3-4-14(10)15-6-11(18)7-16-17(15)22-13(8-19)9-21-16;17-9-5-12(15-14(6-9)22-8-10(7-21)23-15)11-3-1-2-4-13(11)24-16(18,19)20;17-9-5-12(11-3-1-2-4-13(11)16(18,19)20)15-14(6-9)22-8-10(7-21)23-15;16-11-2-1-3-12(18)14(11)10-4-8(17)5-13-15(10)21-9(6-19)7-20-13;16-13-4-2-1-3-11(13)12-5-9(17)6-14-15(12)20-10(7-18)8-19-14/h2-6,11H,7-8,22H2,1H3;3-7,13H,8-9,19H2,1-2H3;1-6,10H,7-8,21H2;1-6,10H,7-8,21H2;1-5,9H,6-7,19H2;1-6,10H,7-8,18H2/t11-;13-;2*10-;9-;10-/m000000/s1. The Hall–Kier alpha value is -12.9. The molecule has 18 rings (SSSR count). The quantitative estimate of drug-likeness (QED) is 0.0552. The number of rotatable bonds is 14. The van der Waals surface area contributed by atoms with Gasteiger partial charge in [0.1, 0.15) is 128 Å². The van der Waals surface area contributed by atoms with Crippen molar-refractivity contribution in [1.82, 2.24) is 0 Å². The van der Waals surface area contributed by atoms with Gasteiger partial charge in [-0.1, -0.05) is 108 Å². The molecule has 38 heteroatoms. The lowest BCUT2D eigenvalue weighted by atomic mass is 9.96. The Labute approximate surface area is 766 Å². The van der Waals surface area contributed by atoms with E-state index in [1.165, 1.54) is 103 Å². The maximum atomic E-state index is 14.1. The minimum absolute atomic E-state index is 0.00419. The summed E-state index contributed by atoms with van der Waals surface area (Å²) < 4.78 is 291. The fourth-order valence-corrected chi connectivity index (χ4v) is 15.0. The van der Waals surface area contributed by atoms with Crippen LogP contribution in [0.25, 0.3) is 66.8 Å². The van der Waals surface area contributed by atoms with Crippen LogP contribution in [0.1, 0.15) is 22.3 Å². The number of hydrogen-bond acceptors (Lipinski definition) is 20. The van der Waals surface area contributed by atoms with Gasteiger partial charge in [0, 0.05) is 131 Å². The second kappa shape index (κ2) is 42.9. The zero-order valence-corrected chi connectivity index (χ0v) is 72.5. The summed E-state index contributed by atoms with van der Waals surface area (Å²) in [4.78, 5) is 0. The van der Waals surface area contributed by atoms with Gasteiger partial charge in [0.15, 0.2) is 69.0 Å². The van der Waals surface area contributed by atoms with Gasteiger partial charge in [0.25, 0.3) is 0 Å². The molecular weight excluding hydrogens is 1840 g/mol. The van der Waals surface area contributed by atoms with Crippen LogP contribution in [-0.2, 0) is 12.4 Å². The van der Waals surface area contributed by atoms with Crippen LogP contribution < -0.4 is 101 Å². The Morgan fingerprint density at radius 3 is 0.985 bits per heavy atom. The van der Waals surface area contributed by atoms with Crippen LogP contribution in [0.15, 0.2) is 200 Å². The van der Waals surface area contributed by atoms with Crippen molar-refractivity contribution in [1.29, 1.82) is 0 Å². The molecule has 0 saturated heterocycles. The van der Waals surface area contributed by atoms with Gasteiger partial charge in [-0.3, -0.25) is 0 Å². The molecule has 0 bridgehead atoms. The third-order valence-electron chi connectivity index (χ3n) is 20.8. The summed E-state index contributed by atoms with van der Waals surface area (Å²) in [5.74, 6) is -0.830. The van der Waals surface area contributed by atoms with Crippen LogP contribution in [0.2, 0.25) is 10.0 Å². The third kappa shape index (κ3) is 23.6. The highest BCUT2D eigenvalue weighted by molar-refractivity contribution is 6.34. The van der Waals surface area contributed by atoms with Crippen molar-refractivity contribution in [3.63, 3.8) is 0 Å². The Bertz CT molecular complexity index is 6180. The molecule has 12 N–H and O–H groups in total. The van der Waals surface area contributed by atoms with E-state index in [4.69, 9.17) is 119 Å². The first kappa shape index (κ1) is 98.6. The van der Waals surface area contributed by atoms with Crippen molar-refractivity contribution in [2.75, 3.05) is 86.0 Å². The molecule has 0 saturated carbocycles. The van der Waals surface area contributed by atoms with E-state index in [1.54, 1.807) is 20.1 Å². The Morgan fingerprint density at radius 2 is 0.627 bits per heavy atom. The van der Waals surface area contributed by atoms with Gasteiger partial charge in [0.05, 0.1) is 23.3 Å². The molecule has 0 unspecified atom stereocenters. The Kier molecular flexibility index (Phi) is 31.6. The van der Waals surface area contributed by atoms with Gasteiger partial charge in [0.2, 0.25) is 0 Å². The van der Waals surface area contributed by atoms with Crippen LogP contribution >= 0.6 is 23.2 Å². The van der Waals surface area contributed by atoms with E-state index < -0.39 is 88.8 Å². The number of nitrogens with two attached hydrogens (primary N) is 6. The minimum Gasteiger partial charge on any atom is -0.497 e. The fraction of sp³-hybridized carbons (Fsp3) is 0.250. The van der Waals surface area contributed by atoms with Gasteiger partial charge < -0.3 is 101 Å². The SMILES string of the molecule is COc1ccc(-c2cc(F)cc3c2O[C@@H](CN)CO3)c(C)c1.Cc1ccc(-c2cc(F)cc3c2O[C@@H](CN)CO3)c(C(F)(F)F)c1.NC[C@H]1COc2cc(F)cc(-c3c(F)cccc3Cl)c2O1.NC[C@H]1COc2cc(F)cc(-c3ccccc3C(F)(F)F)c2O1.NC[C@H]1COc2cc(F)cc(-c3ccccc3Cl)c2O1.NC[C@H]1COc2cc(F)cc(-c3ccccc3OC(F)(F)F)c2O1. The van der Waals surface area contributed by atoms with E-state index >= 15 is 0 Å². The van der Waals surface area contributed by atoms with Crippen molar-refractivity contribution < 1.29 is 137 Å². The van der Waals surface area contributed by atoms with Crippen molar-refractivity contribution in [2.24, 2.45) is 34.4 Å². The highest BCUT2D eigenvalue weighted by Crippen LogP contribution is 2.53. The maximum Gasteiger partial charge on any atom is 0.573 e. The van der Waals surface area contributed by atoms with Crippen molar-refractivity contribution in [2.45, 2.75) is 69.2 Å². The van der Waals surface area contributed by atoms with Crippen molar-refractivity contribution >= 4 is 23.2 Å². The molecule has 0 aliphatic carbocycles. The number of fused-ring (bicyclic) bond motifs is 6. The molecule has 6 aliphatic heterocycles. The predicted molar refractivity (Wildman–Crippen MR) is 467 cm³/mol. The summed E-state index contributed by atoms with van der Waals surface area (Å²) in [5, 5.41) is 0.694. The van der Waals surface area contributed by atoms with Gasteiger partial charge in [-0.25, -0.2) is 30.7 Å². The highest BCUT2D eigenvalue weighted by Gasteiger charge is 2.40. The van der Waals surface area contributed by atoms with Crippen LogP contribution in [0, 0.1) is 54.6 Å². The number of methoxy groups -OCH3 is 1. The molecular formula is C96H84Cl2F16N6O14. The monoisotopic (exact) mass is 1920 g/mol. The van der Waals surface area contributed by atoms with Crippen molar-refractivity contribution in [3.05, 3.63) is 273 Å². The lowest BCUT2D eigenvalue weighted by molar-refractivity contribution is -0.274. The first-order chi connectivity index (χ1) is 64.0. The number of aryl methyl sites for hydroxylation is 2.